The molecule has 0 unspecified atom stereocenters. The van der Waals surface area contributed by atoms with E-state index in [1.54, 1.807) is 7.05 Å². The lowest BCUT2D eigenvalue weighted by Gasteiger charge is -2.19. The Labute approximate surface area is 155 Å². The normalized spacial score (nSPS) is 13.8. The summed E-state index contributed by atoms with van der Waals surface area (Å²) in [7, 11) is 1.63. The zero-order chi connectivity index (χ0) is 19.3. The van der Waals surface area contributed by atoms with Gasteiger partial charge in [-0.25, -0.2) is 0 Å². The summed E-state index contributed by atoms with van der Waals surface area (Å²) in [4.78, 5) is 26.0. The maximum atomic E-state index is 12.3. The molecule has 1 aromatic carbocycles. The predicted molar refractivity (Wildman–Crippen MR) is 102 cm³/mol. The average Bonchev–Trinajstić information content (AvgIpc) is 3.34. The molecular weight excluding hydrogens is 328 g/mol. The molecule has 0 aliphatic carbocycles. The van der Waals surface area contributed by atoms with Gasteiger partial charge in [0.25, 0.3) is 0 Å². The van der Waals surface area contributed by atoms with Gasteiger partial charge in [-0.2, -0.15) is 10.2 Å². The molecule has 6 heteroatoms. The van der Waals surface area contributed by atoms with E-state index in [-0.39, 0.29) is 18.4 Å². The second-order valence-corrected chi connectivity index (χ2v) is 6.96. The largest absolute Gasteiger partial charge is 0.336 e. The first-order valence-corrected chi connectivity index (χ1v) is 8.75. The van der Waals surface area contributed by atoms with Gasteiger partial charge >= 0.3 is 0 Å². The zero-order valence-electron chi connectivity index (χ0n) is 15.9. The summed E-state index contributed by atoms with van der Waals surface area (Å²) in [5.74, 6) is 2.26. The summed E-state index contributed by atoms with van der Waals surface area (Å²) in [6, 6.07) is 4.05. The first-order chi connectivity index (χ1) is 12.3. The summed E-state index contributed by atoms with van der Waals surface area (Å²) < 4.78 is 0. The van der Waals surface area contributed by atoms with Crippen LogP contribution in [0.4, 0.5) is 5.69 Å². The molecule has 2 rings (SSSR count). The Morgan fingerprint density at radius 3 is 2.35 bits per heavy atom. The predicted octanol–water partition coefficient (Wildman–Crippen LogP) is 3.36. The van der Waals surface area contributed by atoms with Gasteiger partial charge in [-0.1, -0.05) is 17.7 Å². The molecule has 0 saturated heterocycles. The van der Waals surface area contributed by atoms with E-state index in [0.717, 1.165) is 22.4 Å². The van der Waals surface area contributed by atoms with Gasteiger partial charge in [0, 0.05) is 38.4 Å². The molecule has 1 N–H and O–H groups in total. The molecule has 0 atom stereocenters. The van der Waals surface area contributed by atoms with Crippen molar-refractivity contribution in [2.75, 3.05) is 18.9 Å². The molecular formula is C20H26N4O2. The van der Waals surface area contributed by atoms with Crippen molar-refractivity contribution in [3.05, 3.63) is 28.8 Å². The zero-order valence-corrected chi connectivity index (χ0v) is 15.9. The number of anilines is 1. The van der Waals surface area contributed by atoms with Crippen LogP contribution in [0.3, 0.4) is 0 Å². The van der Waals surface area contributed by atoms with Gasteiger partial charge in [-0.3, -0.25) is 9.59 Å². The van der Waals surface area contributed by atoms with Crippen LogP contribution in [0.25, 0.3) is 0 Å². The van der Waals surface area contributed by atoms with E-state index in [1.165, 1.54) is 4.90 Å². The second-order valence-electron chi connectivity index (χ2n) is 6.96. The highest BCUT2D eigenvalue weighted by Gasteiger charge is 2.39. The van der Waals surface area contributed by atoms with Crippen molar-refractivity contribution in [3.63, 3.8) is 0 Å². The average molecular weight is 354 g/mol. The number of carbonyl (C=O) groups is 2. The Hall–Kier alpha value is -2.68. The van der Waals surface area contributed by atoms with Crippen molar-refractivity contribution in [3.8, 4) is 12.3 Å². The van der Waals surface area contributed by atoms with Gasteiger partial charge in [-0.05, 0) is 31.9 Å². The topological polar surface area (TPSA) is 74.1 Å². The fourth-order valence-corrected chi connectivity index (χ4v) is 3.03. The Balaban J connectivity index is 1.83. The molecule has 26 heavy (non-hydrogen) atoms. The van der Waals surface area contributed by atoms with E-state index in [9.17, 15) is 9.59 Å². The Morgan fingerprint density at radius 1 is 1.19 bits per heavy atom. The Kier molecular flexibility index (Phi) is 6.14. The van der Waals surface area contributed by atoms with Crippen LogP contribution in [0.15, 0.2) is 22.4 Å². The number of aryl methyl sites for hydroxylation is 3. The number of likely N-dealkylation sites (N-methyl/N-ethyl adjacent to an activating group) is 1. The van der Waals surface area contributed by atoms with Crippen molar-refractivity contribution in [2.45, 2.75) is 52.1 Å². The van der Waals surface area contributed by atoms with Crippen LogP contribution >= 0.6 is 0 Å². The van der Waals surface area contributed by atoms with Gasteiger partial charge in [0.15, 0.2) is 5.66 Å². The molecule has 138 valence electrons. The number of hydrogen-bond donors (Lipinski definition) is 1. The molecule has 1 aliphatic heterocycles. The third-order valence-electron chi connectivity index (χ3n) is 4.54. The molecule has 0 radical (unpaired) electrons. The molecule has 1 aromatic rings. The molecule has 1 aliphatic rings. The summed E-state index contributed by atoms with van der Waals surface area (Å²) in [5.41, 5.74) is 3.51. The lowest BCUT2D eigenvalue weighted by molar-refractivity contribution is -0.133. The van der Waals surface area contributed by atoms with Crippen molar-refractivity contribution < 1.29 is 9.59 Å². The fraction of sp³-hybridized carbons (Fsp3) is 0.500. The van der Waals surface area contributed by atoms with Crippen LogP contribution in [0, 0.1) is 33.1 Å². The smallest absolute Gasteiger partial charge is 0.243 e. The molecule has 2 amide bonds. The number of amides is 2. The quantitative estimate of drug-likeness (QED) is 0.727. The van der Waals surface area contributed by atoms with Crippen LogP contribution in [-0.4, -0.2) is 36.0 Å². The summed E-state index contributed by atoms with van der Waals surface area (Å²) in [6.07, 6.45) is 7.36. The molecule has 1 heterocycles. The number of hydrogen-bond acceptors (Lipinski definition) is 4. The highest BCUT2D eigenvalue weighted by Crippen LogP contribution is 2.37. The summed E-state index contributed by atoms with van der Waals surface area (Å²) in [5, 5.41) is 11.0. The van der Waals surface area contributed by atoms with Crippen LogP contribution in [-0.2, 0) is 9.59 Å². The van der Waals surface area contributed by atoms with E-state index >= 15 is 0 Å². The Morgan fingerprint density at radius 2 is 1.81 bits per heavy atom. The number of nitrogens with one attached hydrogen (secondary N) is 1. The summed E-state index contributed by atoms with van der Waals surface area (Å²) >= 11 is 0. The lowest BCUT2D eigenvalue weighted by Crippen LogP contribution is -2.35. The first-order valence-electron chi connectivity index (χ1n) is 8.75. The van der Waals surface area contributed by atoms with E-state index in [0.29, 0.717) is 25.7 Å². The highest BCUT2D eigenvalue weighted by molar-refractivity contribution is 5.95. The number of terminal acetylenes is 1. The minimum Gasteiger partial charge on any atom is -0.336 e. The summed E-state index contributed by atoms with van der Waals surface area (Å²) in [6.45, 7) is 5.95. The van der Waals surface area contributed by atoms with Gasteiger partial charge < -0.3 is 10.2 Å². The van der Waals surface area contributed by atoms with Crippen molar-refractivity contribution >= 4 is 17.5 Å². The standard InChI is InChI=1S/C20H26N4O2/c1-6-7-9-20(22-23-20)10-8-18(26)24(5)13-17(25)21-19-15(3)11-14(2)12-16(19)4/h1,11-12H,7-10,13H2,2-5H3,(H,21,25). The number of benzene rings is 1. The maximum absolute atomic E-state index is 12.3. The maximum Gasteiger partial charge on any atom is 0.243 e. The molecule has 0 bridgehead atoms. The van der Waals surface area contributed by atoms with Gasteiger partial charge in [-0.15, -0.1) is 12.3 Å². The lowest BCUT2D eigenvalue weighted by atomic mass is 10.0. The highest BCUT2D eigenvalue weighted by atomic mass is 16.2. The minimum absolute atomic E-state index is 0.0111. The Bertz CT molecular complexity index is 748. The van der Waals surface area contributed by atoms with Crippen LogP contribution in [0.5, 0.6) is 0 Å². The first kappa shape index (κ1) is 19.6. The second kappa shape index (κ2) is 8.13. The third-order valence-corrected chi connectivity index (χ3v) is 4.54. The van der Waals surface area contributed by atoms with E-state index in [1.807, 2.05) is 32.9 Å². The molecule has 0 spiro atoms. The monoisotopic (exact) mass is 354 g/mol. The van der Waals surface area contributed by atoms with E-state index in [2.05, 4.69) is 21.5 Å². The minimum atomic E-state index is -0.471. The van der Waals surface area contributed by atoms with Gasteiger partial charge in [0.1, 0.15) is 0 Å². The van der Waals surface area contributed by atoms with Gasteiger partial charge in [0.2, 0.25) is 11.8 Å². The number of carbonyl (C=O) groups excluding carboxylic acids is 2. The van der Waals surface area contributed by atoms with E-state index in [4.69, 9.17) is 6.42 Å². The SMILES string of the molecule is C#CCCC1(CCC(=O)N(C)CC(=O)Nc2c(C)cc(C)cc2C)N=N1. The molecule has 0 aromatic heterocycles. The fourth-order valence-electron chi connectivity index (χ4n) is 3.03. The molecule has 6 nitrogen and oxygen atoms in total. The number of rotatable bonds is 8. The molecule has 0 saturated carbocycles. The van der Waals surface area contributed by atoms with Crippen LogP contribution in [0.1, 0.15) is 42.4 Å². The third kappa shape index (κ3) is 5.16. The van der Waals surface area contributed by atoms with Crippen molar-refractivity contribution in [1.82, 2.24) is 4.90 Å². The van der Waals surface area contributed by atoms with E-state index < -0.39 is 5.66 Å². The van der Waals surface area contributed by atoms with Crippen LogP contribution < -0.4 is 5.32 Å². The van der Waals surface area contributed by atoms with Crippen LogP contribution in [0.2, 0.25) is 0 Å². The van der Waals surface area contributed by atoms with Crippen molar-refractivity contribution in [2.24, 2.45) is 10.2 Å². The van der Waals surface area contributed by atoms with Crippen molar-refractivity contribution in [1.29, 1.82) is 0 Å². The number of nitrogens with zero attached hydrogens (tertiary/aromatic N) is 3. The van der Waals surface area contributed by atoms with Gasteiger partial charge in [0.05, 0.1) is 6.54 Å². The molecule has 0 fully saturated rings.